The van der Waals surface area contributed by atoms with E-state index in [1.165, 1.54) is 9.80 Å². The molecule has 3 amide bonds. The van der Waals surface area contributed by atoms with Gasteiger partial charge in [0.05, 0.1) is 47.3 Å². The second-order valence-electron chi connectivity index (χ2n) is 12.8. The SMILES string of the molecule is C=CCCC(=O)N[C@@H](C)[C@H](OC(=O)[C@@H]1[C@H]2O[C@@]3(CC2Br)[C@H](C(=O)N(CC=C)c2ccccc2Cl)N([C@@H](CC)CO)C(=O)[C@@H]13)c1ccccc1. The lowest BCUT2D eigenvalue weighted by Crippen LogP contribution is -2.59. The highest BCUT2D eigenvalue weighted by molar-refractivity contribution is 9.09. The summed E-state index contributed by atoms with van der Waals surface area (Å²) < 4.78 is 12.9. The summed E-state index contributed by atoms with van der Waals surface area (Å²) in [6.07, 6.45) is 2.95. The molecule has 3 saturated heterocycles. The number of likely N-dealkylation sites (tertiary alicyclic amines) is 1. The van der Waals surface area contributed by atoms with Crippen molar-refractivity contribution in [3.8, 4) is 0 Å². The van der Waals surface area contributed by atoms with Crippen LogP contribution in [0, 0.1) is 11.8 Å². The number of allylic oxidation sites excluding steroid dienone is 1. The van der Waals surface area contributed by atoms with E-state index in [2.05, 4.69) is 34.4 Å². The van der Waals surface area contributed by atoms with Gasteiger partial charge in [0.15, 0.2) is 0 Å². The van der Waals surface area contributed by atoms with E-state index in [9.17, 15) is 24.3 Å². The van der Waals surface area contributed by atoms with Crippen LogP contribution in [0.3, 0.4) is 0 Å². The number of esters is 1. The van der Waals surface area contributed by atoms with Crippen LogP contribution in [-0.4, -0.2) is 81.5 Å². The van der Waals surface area contributed by atoms with Crippen LogP contribution in [0.4, 0.5) is 5.69 Å². The Hall–Kier alpha value is -3.51. The molecule has 2 N–H and O–H groups in total. The number of alkyl halides is 1. The van der Waals surface area contributed by atoms with Gasteiger partial charge >= 0.3 is 5.97 Å². The van der Waals surface area contributed by atoms with Gasteiger partial charge < -0.3 is 29.7 Å². The summed E-state index contributed by atoms with van der Waals surface area (Å²) in [5.41, 5.74) is -0.292. The van der Waals surface area contributed by atoms with Crippen LogP contribution in [0.15, 0.2) is 79.9 Å². The number of nitrogens with zero attached hydrogens (tertiary/aromatic N) is 2. The zero-order valence-corrected chi connectivity index (χ0v) is 30.0. The van der Waals surface area contributed by atoms with E-state index in [1.54, 1.807) is 43.3 Å². The molecule has 3 fully saturated rings. The number of rotatable bonds is 15. The van der Waals surface area contributed by atoms with Gasteiger partial charge in [0.25, 0.3) is 5.91 Å². The van der Waals surface area contributed by atoms with E-state index in [0.717, 1.165) is 0 Å². The minimum Gasteiger partial charge on any atom is -0.455 e. The first-order chi connectivity index (χ1) is 23.5. The summed E-state index contributed by atoms with van der Waals surface area (Å²) in [6.45, 7) is 10.8. The molecule has 1 unspecified atom stereocenters. The zero-order chi connectivity index (χ0) is 35.5. The summed E-state index contributed by atoms with van der Waals surface area (Å²) in [4.78, 5) is 59.0. The molecule has 2 aromatic carbocycles. The number of ether oxygens (including phenoxy) is 2. The number of hydrogen-bond donors (Lipinski definition) is 2. The number of carbonyl (C=O) groups is 4. The molecule has 2 aromatic rings. The molecule has 5 rings (SSSR count). The van der Waals surface area contributed by atoms with Crippen molar-refractivity contribution in [2.45, 2.75) is 80.3 Å². The average Bonchev–Trinajstić information content (AvgIpc) is 3.69. The van der Waals surface area contributed by atoms with Crippen molar-refractivity contribution < 1.29 is 33.8 Å². The third-order valence-corrected chi connectivity index (χ3v) is 11.0. The van der Waals surface area contributed by atoms with Crippen molar-refractivity contribution in [1.29, 1.82) is 0 Å². The first-order valence-corrected chi connectivity index (χ1v) is 17.9. The zero-order valence-electron chi connectivity index (χ0n) is 27.7. The molecule has 9 atom stereocenters. The Kier molecular flexibility index (Phi) is 11.7. The lowest BCUT2D eigenvalue weighted by atomic mass is 9.70. The van der Waals surface area contributed by atoms with Crippen molar-refractivity contribution in [3.63, 3.8) is 0 Å². The minimum absolute atomic E-state index is 0.0968. The average molecular weight is 757 g/mol. The van der Waals surface area contributed by atoms with E-state index < -0.39 is 72.2 Å². The number of aliphatic hydroxyl groups is 1. The second kappa shape index (κ2) is 15.6. The predicted molar refractivity (Wildman–Crippen MR) is 190 cm³/mol. The van der Waals surface area contributed by atoms with Crippen LogP contribution >= 0.6 is 27.5 Å². The summed E-state index contributed by atoms with van der Waals surface area (Å²) >= 11 is 10.3. The summed E-state index contributed by atoms with van der Waals surface area (Å²) in [5, 5.41) is 13.7. The van der Waals surface area contributed by atoms with Crippen LogP contribution < -0.4 is 10.2 Å². The van der Waals surface area contributed by atoms with Gasteiger partial charge in [0, 0.05) is 17.8 Å². The molecule has 12 heteroatoms. The highest BCUT2D eigenvalue weighted by Gasteiger charge is 2.77. The number of hydrogen-bond acceptors (Lipinski definition) is 7. The smallest absolute Gasteiger partial charge is 0.313 e. The maximum atomic E-state index is 14.8. The maximum absolute atomic E-state index is 14.8. The fraction of sp³-hybridized carbons (Fsp3) is 0.459. The van der Waals surface area contributed by atoms with Gasteiger partial charge in [-0.05, 0) is 43.9 Å². The third-order valence-electron chi connectivity index (χ3n) is 9.82. The molecule has 0 saturated carbocycles. The van der Waals surface area contributed by atoms with Crippen LogP contribution in [0.1, 0.15) is 51.2 Å². The summed E-state index contributed by atoms with van der Waals surface area (Å²) in [5.74, 6) is -3.92. The molecule has 1 spiro atoms. The highest BCUT2D eigenvalue weighted by Crippen LogP contribution is 2.61. The Balaban J connectivity index is 1.53. The quantitative estimate of drug-likeness (QED) is 0.147. The van der Waals surface area contributed by atoms with Crippen LogP contribution in [0.2, 0.25) is 5.02 Å². The topological polar surface area (TPSA) is 125 Å². The molecule has 0 radical (unpaired) electrons. The van der Waals surface area contributed by atoms with Crippen molar-refractivity contribution in [2.24, 2.45) is 11.8 Å². The largest absolute Gasteiger partial charge is 0.455 e. The molecule has 0 aliphatic carbocycles. The number of para-hydroxylation sites is 1. The van der Waals surface area contributed by atoms with Gasteiger partial charge in [-0.25, -0.2) is 0 Å². The Morgan fingerprint density at radius 3 is 2.51 bits per heavy atom. The van der Waals surface area contributed by atoms with Crippen LogP contribution in [-0.2, 0) is 28.7 Å². The van der Waals surface area contributed by atoms with Crippen molar-refractivity contribution in [1.82, 2.24) is 10.2 Å². The number of fused-ring (bicyclic) bond motifs is 1. The molecular weight excluding hydrogens is 714 g/mol. The number of anilines is 1. The minimum atomic E-state index is -1.40. The fourth-order valence-electron chi connectivity index (χ4n) is 7.62. The number of aliphatic hydroxyl groups excluding tert-OH is 1. The van der Waals surface area contributed by atoms with Crippen LogP contribution in [0.5, 0.6) is 0 Å². The normalized spacial score (nSPS) is 27.2. The van der Waals surface area contributed by atoms with Gasteiger partial charge in [-0.2, -0.15) is 0 Å². The monoisotopic (exact) mass is 755 g/mol. The predicted octanol–water partition coefficient (Wildman–Crippen LogP) is 5.13. The molecule has 262 valence electrons. The first kappa shape index (κ1) is 36.8. The van der Waals surface area contributed by atoms with Gasteiger partial charge in [0.2, 0.25) is 11.8 Å². The molecule has 10 nitrogen and oxygen atoms in total. The van der Waals surface area contributed by atoms with Gasteiger partial charge in [-0.15, -0.1) is 13.2 Å². The van der Waals surface area contributed by atoms with Gasteiger partial charge in [-0.3, -0.25) is 19.2 Å². The Bertz CT molecular complexity index is 1570. The first-order valence-electron chi connectivity index (χ1n) is 16.6. The lowest BCUT2D eigenvalue weighted by Gasteiger charge is -2.39. The highest BCUT2D eigenvalue weighted by atomic mass is 79.9. The molecule has 0 aromatic heterocycles. The molecule has 3 aliphatic heterocycles. The standard InChI is InChI=1S/C37H43BrClN3O7/c1-5-8-18-28(44)40-22(4)31(23-14-10-9-11-15-23)48-36(47)29-30-34(45)42(24(7-3)21-43)33(37(30)20-25(38)32(29)49-37)35(46)41(19-6-2)27-17-13-12-16-26(27)39/h5-6,9-17,22,24-25,29-33,43H,1-2,7-8,18-21H2,3-4H3,(H,40,44)/t22-,24-,25?,29-,30+,31-,32-,33-,37+/m0/s1. The van der Waals surface area contributed by atoms with E-state index in [1.807, 2.05) is 37.3 Å². The van der Waals surface area contributed by atoms with E-state index in [-0.39, 0.29) is 30.1 Å². The lowest BCUT2D eigenvalue weighted by molar-refractivity contribution is -0.162. The summed E-state index contributed by atoms with van der Waals surface area (Å²) in [6, 6.07) is 13.5. The third kappa shape index (κ3) is 6.82. The van der Waals surface area contributed by atoms with E-state index in [0.29, 0.717) is 29.1 Å². The molecular formula is C37H43BrClN3O7. The number of amides is 3. The Morgan fingerprint density at radius 2 is 1.88 bits per heavy atom. The maximum Gasteiger partial charge on any atom is 0.313 e. The molecule has 2 bridgehead atoms. The van der Waals surface area contributed by atoms with Gasteiger partial charge in [-0.1, -0.05) is 89.1 Å². The molecule has 49 heavy (non-hydrogen) atoms. The van der Waals surface area contributed by atoms with E-state index >= 15 is 0 Å². The molecule has 3 heterocycles. The molecule has 3 aliphatic rings. The number of halogens is 2. The van der Waals surface area contributed by atoms with Crippen molar-refractivity contribution in [2.75, 3.05) is 18.1 Å². The number of nitrogens with one attached hydrogen (secondary N) is 1. The van der Waals surface area contributed by atoms with Gasteiger partial charge in [0.1, 0.15) is 17.7 Å². The van der Waals surface area contributed by atoms with Crippen LogP contribution in [0.25, 0.3) is 0 Å². The number of carbonyl (C=O) groups excluding carboxylic acids is 4. The fourth-order valence-corrected chi connectivity index (χ4v) is 8.80. The van der Waals surface area contributed by atoms with Crippen molar-refractivity contribution >= 4 is 56.9 Å². The van der Waals surface area contributed by atoms with E-state index in [4.69, 9.17) is 21.1 Å². The number of benzene rings is 2. The summed E-state index contributed by atoms with van der Waals surface area (Å²) in [7, 11) is 0. The Labute approximate surface area is 300 Å². The second-order valence-corrected chi connectivity index (χ2v) is 14.4. The Morgan fingerprint density at radius 1 is 1.18 bits per heavy atom. The van der Waals surface area contributed by atoms with Crippen molar-refractivity contribution in [3.05, 3.63) is 90.5 Å².